The molecule has 2 amide bonds. The van der Waals surface area contributed by atoms with Gasteiger partial charge in [-0.05, 0) is 27.7 Å². The maximum absolute atomic E-state index is 11.8. The molecule has 6 heteroatoms. The lowest BCUT2D eigenvalue weighted by Gasteiger charge is -2.32. The molecule has 2 N–H and O–H groups in total. The number of nitrogens with one attached hydrogen (secondary N) is 1. The van der Waals surface area contributed by atoms with Crippen LogP contribution in [0.3, 0.4) is 0 Å². The molecule has 0 aromatic heterocycles. The van der Waals surface area contributed by atoms with Crippen LogP contribution < -0.4 is 5.32 Å². The minimum absolute atomic E-state index is 0.158. The van der Waals surface area contributed by atoms with Crippen molar-refractivity contribution in [3.8, 4) is 0 Å². The van der Waals surface area contributed by atoms with Crippen LogP contribution in [0.5, 0.6) is 0 Å². The van der Waals surface area contributed by atoms with E-state index in [4.69, 9.17) is 9.84 Å². The second kappa shape index (κ2) is 6.44. The van der Waals surface area contributed by atoms with Crippen LogP contribution in [0.15, 0.2) is 0 Å². The molecule has 0 heterocycles. The average molecular weight is 246 g/mol. The summed E-state index contributed by atoms with van der Waals surface area (Å²) in [5.41, 5.74) is -1.24. The van der Waals surface area contributed by atoms with E-state index in [1.165, 1.54) is 20.9 Å². The number of aliphatic carboxylic acids is 1. The molecule has 17 heavy (non-hydrogen) atoms. The molecular weight excluding hydrogens is 224 g/mol. The lowest BCUT2D eigenvalue weighted by Crippen LogP contribution is -2.55. The average Bonchev–Trinajstić information content (AvgIpc) is 2.24. The van der Waals surface area contributed by atoms with E-state index < -0.39 is 17.5 Å². The van der Waals surface area contributed by atoms with E-state index in [-0.39, 0.29) is 6.04 Å². The number of ether oxygens (including phenoxy) is 1. The van der Waals surface area contributed by atoms with Crippen molar-refractivity contribution in [1.82, 2.24) is 10.2 Å². The summed E-state index contributed by atoms with van der Waals surface area (Å²) in [6.07, 6.45) is 0. The molecule has 0 aromatic carbocycles. The molecule has 0 rings (SSSR count). The third-order valence-electron chi connectivity index (χ3n) is 2.61. The first-order chi connectivity index (χ1) is 7.73. The minimum Gasteiger partial charge on any atom is -0.480 e. The SMILES string of the molecule is CCOCC(C)NC(=O)N(C)C(C)(C)C(=O)O. The maximum atomic E-state index is 11.8. The number of nitrogens with zero attached hydrogens (tertiary/aromatic N) is 1. The highest BCUT2D eigenvalue weighted by molar-refractivity contribution is 5.85. The van der Waals surface area contributed by atoms with E-state index in [2.05, 4.69) is 5.32 Å². The summed E-state index contributed by atoms with van der Waals surface area (Å²) < 4.78 is 5.16. The highest BCUT2D eigenvalue weighted by Crippen LogP contribution is 2.12. The van der Waals surface area contributed by atoms with Crippen molar-refractivity contribution in [2.45, 2.75) is 39.3 Å². The van der Waals surface area contributed by atoms with Crippen LogP contribution in [0.2, 0.25) is 0 Å². The second-order valence-electron chi connectivity index (χ2n) is 4.43. The van der Waals surface area contributed by atoms with E-state index in [1.54, 1.807) is 6.92 Å². The largest absolute Gasteiger partial charge is 0.480 e. The monoisotopic (exact) mass is 246 g/mol. The molecule has 0 radical (unpaired) electrons. The van der Waals surface area contributed by atoms with E-state index in [0.29, 0.717) is 13.2 Å². The molecule has 0 saturated heterocycles. The van der Waals surface area contributed by atoms with Gasteiger partial charge in [-0.25, -0.2) is 9.59 Å². The highest BCUT2D eigenvalue weighted by atomic mass is 16.5. The van der Waals surface area contributed by atoms with Gasteiger partial charge in [0.05, 0.1) is 12.6 Å². The molecule has 0 fully saturated rings. The Balaban J connectivity index is 4.36. The summed E-state index contributed by atoms with van der Waals surface area (Å²) in [6.45, 7) is 7.61. The zero-order valence-electron chi connectivity index (χ0n) is 11.1. The number of likely N-dealkylation sites (N-methyl/N-ethyl adjacent to an activating group) is 1. The number of urea groups is 1. The Hall–Kier alpha value is -1.30. The van der Waals surface area contributed by atoms with Crippen LogP contribution in [0.4, 0.5) is 4.79 Å². The van der Waals surface area contributed by atoms with Crippen LogP contribution in [0, 0.1) is 0 Å². The lowest BCUT2D eigenvalue weighted by molar-refractivity contribution is -0.146. The van der Waals surface area contributed by atoms with Crippen LogP contribution in [-0.2, 0) is 9.53 Å². The molecule has 1 unspecified atom stereocenters. The Labute approximate surface area is 102 Å². The van der Waals surface area contributed by atoms with Crippen molar-refractivity contribution >= 4 is 12.0 Å². The summed E-state index contributed by atoms with van der Waals surface area (Å²) in [4.78, 5) is 23.9. The Morgan fingerprint density at radius 3 is 2.41 bits per heavy atom. The third kappa shape index (κ3) is 4.60. The first kappa shape index (κ1) is 15.7. The van der Waals surface area contributed by atoms with Crippen LogP contribution >= 0.6 is 0 Å². The van der Waals surface area contributed by atoms with Gasteiger partial charge in [0, 0.05) is 13.7 Å². The molecule has 0 saturated carbocycles. The van der Waals surface area contributed by atoms with Crippen molar-refractivity contribution in [2.24, 2.45) is 0 Å². The van der Waals surface area contributed by atoms with Crippen molar-refractivity contribution in [3.05, 3.63) is 0 Å². The summed E-state index contributed by atoms with van der Waals surface area (Å²) in [5.74, 6) is -1.05. The van der Waals surface area contributed by atoms with Crippen molar-refractivity contribution in [3.63, 3.8) is 0 Å². The first-order valence-electron chi connectivity index (χ1n) is 5.59. The number of hydrogen-bond donors (Lipinski definition) is 2. The fourth-order valence-corrected chi connectivity index (χ4v) is 1.04. The number of rotatable bonds is 6. The fourth-order valence-electron chi connectivity index (χ4n) is 1.04. The van der Waals surface area contributed by atoms with Gasteiger partial charge in [0.2, 0.25) is 0 Å². The zero-order chi connectivity index (χ0) is 13.6. The number of hydrogen-bond acceptors (Lipinski definition) is 3. The van der Waals surface area contributed by atoms with Crippen LogP contribution in [0.25, 0.3) is 0 Å². The Morgan fingerprint density at radius 1 is 1.47 bits per heavy atom. The Morgan fingerprint density at radius 2 is 2.00 bits per heavy atom. The topological polar surface area (TPSA) is 78.9 Å². The highest BCUT2D eigenvalue weighted by Gasteiger charge is 2.35. The van der Waals surface area contributed by atoms with Gasteiger partial charge in [-0.3, -0.25) is 0 Å². The second-order valence-corrected chi connectivity index (χ2v) is 4.43. The van der Waals surface area contributed by atoms with Gasteiger partial charge >= 0.3 is 12.0 Å². The normalized spacial score (nSPS) is 13.0. The first-order valence-corrected chi connectivity index (χ1v) is 5.59. The number of carbonyl (C=O) groups is 2. The predicted molar refractivity (Wildman–Crippen MR) is 64.0 cm³/mol. The zero-order valence-corrected chi connectivity index (χ0v) is 11.1. The van der Waals surface area contributed by atoms with E-state index in [9.17, 15) is 9.59 Å². The summed E-state index contributed by atoms with van der Waals surface area (Å²) in [7, 11) is 1.46. The minimum atomic E-state index is -1.24. The van der Waals surface area contributed by atoms with Gasteiger partial charge in [0.1, 0.15) is 5.54 Å². The standard InChI is InChI=1S/C11H22N2O4/c1-6-17-7-8(2)12-10(16)13(5)11(3,4)9(14)15/h8H,6-7H2,1-5H3,(H,12,16)(H,14,15). The predicted octanol–water partition coefficient (Wildman–Crippen LogP) is 0.916. The third-order valence-corrected chi connectivity index (χ3v) is 2.61. The van der Waals surface area contributed by atoms with Crippen LogP contribution in [0.1, 0.15) is 27.7 Å². The van der Waals surface area contributed by atoms with E-state index >= 15 is 0 Å². The molecule has 0 spiro atoms. The van der Waals surface area contributed by atoms with Crippen LogP contribution in [-0.4, -0.2) is 53.8 Å². The van der Waals surface area contributed by atoms with Gasteiger partial charge in [0.15, 0.2) is 0 Å². The van der Waals surface area contributed by atoms with E-state index in [0.717, 1.165) is 4.90 Å². The van der Waals surface area contributed by atoms with Gasteiger partial charge in [-0.1, -0.05) is 0 Å². The lowest BCUT2D eigenvalue weighted by atomic mass is 10.1. The van der Waals surface area contributed by atoms with Crippen molar-refractivity contribution in [1.29, 1.82) is 0 Å². The quantitative estimate of drug-likeness (QED) is 0.730. The van der Waals surface area contributed by atoms with Gasteiger partial charge in [-0.15, -0.1) is 0 Å². The smallest absolute Gasteiger partial charge is 0.329 e. The summed E-state index contributed by atoms with van der Waals surface area (Å²) in [6, 6.07) is -0.584. The molecule has 100 valence electrons. The summed E-state index contributed by atoms with van der Waals surface area (Å²) >= 11 is 0. The molecule has 6 nitrogen and oxygen atoms in total. The number of carboxylic acids is 1. The van der Waals surface area contributed by atoms with Gasteiger partial charge in [0.25, 0.3) is 0 Å². The number of carboxylic acid groups (broad SMARTS) is 1. The molecule has 0 aliphatic carbocycles. The Kier molecular flexibility index (Phi) is 5.95. The molecule has 0 aliphatic rings. The van der Waals surface area contributed by atoms with E-state index in [1.807, 2.05) is 6.92 Å². The van der Waals surface area contributed by atoms with Gasteiger partial charge in [-0.2, -0.15) is 0 Å². The number of amides is 2. The molecule has 0 aromatic rings. The van der Waals surface area contributed by atoms with Gasteiger partial charge < -0.3 is 20.1 Å². The van der Waals surface area contributed by atoms with Crippen molar-refractivity contribution < 1.29 is 19.4 Å². The Bertz CT molecular complexity index is 279. The maximum Gasteiger partial charge on any atom is 0.329 e. The molecule has 0 aliphatic heterocycles. The molecular formula is C11H22N2O4. The van der Waals surface area contributed by atoms with Crippen molar-refractivity contribution in [2.75, 3.05) is 20.3 Å². The number of carbonyl (C=O) groups excluding carboxylic acids is 1. The molecule has 1 atom stereocenters. The fraction of sp³-hybridized carbons (Fsp3) is 0.818. The summed E-state index contributed by atoms with van der Waals surface area (Å²) in [5, 5.41) is 11.7. The molecule has 0 bridgehead atoms.